The Bertz CT molecular complexity index is 1820. The van der Waals surface area contributed by atoms with Crippen LogP contribution >= 0.6 is 0 Å². The zero-order chi connectivity index (χ0) is 30.8. The number of rotatable bonds is 8. The Morgan fingerprint density at radius 1 is 1.05 bits per heavy atom. The summed E-state index contributed by atoms with van der Waals surface area (Å²) in [5.74, 6) is -0.493. The summed E-state index contributed by atoms with van der Waals surface area (Å²) in [5.41, 5.74) is 4.71. The summed E-state index contributed by atoms with van der Waals surface area (Å²) in [6, 6.07) is 14.9. The number of nitrogens with zero attached hydrogens (tertiary/aromatic N) is 2. The molecule has 1 fully saturated rings. The minimum atomic E-state index is -0.671. The van der Waals surface area contributed by atoms with Crippen molar-refractivity contribution >= 4 is 11.6 Å². The molecule has 2 heterocycles. The van der Waals surface area contributed by atoms with Crippen molar-refractivity contribution in [1.82, 2.24) is 14.5 Å². The second kappa shape index (κ2) is 12.4. The normalized spacial score (nSPS) is 14.6. The van der Waals surface area contributed by atoms with Gasteiger partial charge in [0.25, 0.3) is 11.5 Å². The highest BCUT2D eigenvalue weighted by Crippen LogP contribution is 2.37. The van der Waals surface area contributed by atoms with E-state index >= 15 is 4.39 Å². The van der Waals surface area contributed by atoms with Gasteiger partial charge in [-0.2, -0.15) is 0 Å². The minimum absolute atomic E-state index is 0.140. The number of hydrogen-bond acceptors (Lipinski definition) is 6. The van der Waals surface area contributed by atoms with Gasteiger partial charge in [0, 0.05) is 50.7 Å². The quantitative estimate of drug-likeness (QED) is 0.319. The molecule has 2 N–H and O–H groups in total. The molecule has 5 rings (SSSR count). The van der Waals surface area contributed by atoms with Crippen molar-refractivity contribution in [3.8, 4) is 28.0 Å². The molecule has 0 spiro atoms. The average molecular weight is 587 g/mol. The number of halogens is 1. The number of benzene rings is 3. The van der Waals surface area contributed by atoms with E-state index in [1.54, 1.807) is 6.07 Å². The standard InChI is InChI=1S/C33H35FN4O5/c1-19-23(21-14-28(34)26(30(15-21)42-5)16-35-22-12-13-43-18-22)8-6-9-24(19)25-10-7-11-29(20(25)2)36-31(39)27-17-37(3)33(41)38(4)32(27)40/h6-11,14-15,17,22,35H,12-13,16,18H2,1-5H3,(H,36,39)/t22-/m0/s1. The van der Waals surface area contributed by atoms with E-state index < -0.39 is 17.2 Å². The lowest BCUT2D eigenvalue weighted by atomic mass is 9.90. The van der Waals surface area contributed by atoms with Crippen LogP contribution in [0.25, 0.3) is 22.3 Å². The third-order valence-corrected chi connectivity index (χ3v) is 8.08. The van der Waals surface area contributed by atoms with Crippen LogP contribution < -0.4 is 26.6 Å². The number of aryl methyl sites for hydroxylation is 1. The van der Waals surface area contributed by atoms with Crippen LogP contribution in [-0.4, -0.2) is 41.4 Å². The van der Waals surface area contributed by atoms with Gasteiger partial charge in [-0.05, 0) is 71.8 Å². The molecule has 1 atom stereocenters. The molecule has 1 amide bonds. The maximum atomic E-state index is 15.5. The highest BCUT2D eigenvalue weighted by atomic mass is 19.1. The summed E-state index contributed by atoms with van der Waals surface area (Å²) in [5, 5.41) is 6.18. The Kier molecular flexibility index (Phi) is 8.61. The van der Waals surface area contributed by atoms with E-state index in [2.05, 4.69) is 10.6 Å². The fourth-order valence-corrected chi connectivity index (χ4v) is 5.52. The van der Waals surface area contributed by atoms with Crippen LogP contribution in [0.1, 0.15) is 33.5 Å². The van der Waals surface area contributed by atoms with Crippen molar-refractivity contribution in [3.63, 3.8) is 0 Å². The van der Waals surface area contributed by atoms with Gasteiger partial charge in [-0.1, -0.05) is 30.3 Å². The minimum Gasteiger partial charge on any atom is -0.496 e. The smallest absolute Gasteiger partial charge is 0.330 e. The number of carbonyl (C=O) groups is 1. The van der Waals surface area contributed by atoms with Gasteiger partial charge in [-0.25, -0.2) is 9.18 Å². The maximum Gasteiger partial charge on any atom is 0.330 e. The van der Waals surface area contributed by atoms with Crippen LogP contribution in [0.3, 0.4) is 0 Å². The molecule has 0 radical (unpaired) electrons. The van der Waals surface area contributed by atoms with Crippen molar-refractivity contribution in [1.29, 1.82) is 0 Å². The first-order chi connectivity index (χ1) is 20.6. The van der Waals surface area contributed by atoms with Crippen LogP contribution in [0.15, 0.2) is 64.3 Å². The molecule has 9 nitrogen and oxygen atoms in total. The van der Waals surface area contributed by atoms with Crippen LogP contribution in [0.5, 0.6) is 5.75 Å². The molecule has 0 aliphatic carbocycles. The molecule has 1 saturated heterocycles. The molecule has 1 aliphatic rings. The largest absolute Gasteiger partial charge is 0.496 e. The molecule has 1 aliphatic heterocycles. The number of anilines is 1. The van der Waals surface area contributed by atoms with Crippen molar-refractivity contribution in [2.75, 3.05) is 25.6 Å². The highest BCUT2D eigenvalue weighted by molar-refractivity contribution is 6.04. The second-order valence-corrected chi connectivity index (χ2v) is 10.8. The summed E-state index contributed by atoms with van der Waals surface area (Å²) in [4.78, 5) is 37.7. The summed E-state index contributed by atoms with van der Waals surface area (Å²) in [6.45, 7) is 5.52. The molecule has 0 saturated carbocycles. The van der Waals surface area contributed by atoms with Gasteiger partial charge in [0.1, 0.15) is 17.1 Å². The molecular formula is C33H35FN4O5. The first-order valence-corrected chi connectivity index (χ1v) is 14.1. The zero-order valence-electron chi connectivity index (χ0n) is 24.9. The lowest BCUT2D eigenvalue weighted by molar-refractivity contribution is 0.102. The lowest BCUT2D eigenvalue weighted by Gasteiger charge is -2.18. The van der Waals surface area contributed by atoms with Crippen LogP contribution in [0, 0.1) is 19.7 Å². The number of nitrogens with one attached hydrogen (secondary N) is 2. The van der Waals surface area contributed by atoms with Gasteiger partial charge in [-0.15, -0.1) is 0 Å². The first-order valence-electron chi connectivity index (χ1n) is 14.1. The van der Waals surface area contributed by atoms with Gasteiger partial charge >= 0.3 is 5.69 Å². The van der Waals surface area contributed by atoms with Crippen LogP contribution in [-0.2, 0) is 25.4 Å². The van der Waals surface area contributed by atoms with E-state index in [-0.39, 0.29) is 17.4 Å². The first kappa shape index (κ1) is 29.9. The van der Waals surface area contributed by atoms with Crippen molar-refractivity contribution in [2.45, 2.75) is 32.9 Å². The molecule has 0 bridgehead atoms. The summed E-state index contributed by atoms with van der Waals surface area (Å²) in [7, 11) is 4.36. The van der Waals surface area contributed by atoms with E-state index in [4.69, 9.17) is 9.47 Å². The predicted octanol–water partition coefficient (Wildman–Crippen LogP) is 4.31. The van der Waals surface area contributed by atoms with Gasteiger partial charge in [-0.3, -0.25) is 14.2 Å². The fourth-order valence-electron chi connectivity index (χ4n) is 5.52. The fraction of sp³-hybridized carbons (Fsp3) is 0.303. The lowest BCUT2D eigenvalue weighted by Crippen LogP contribution is -2.40. The number of aromatic nitrogens is 2. The third-order valence-electron chi connectivity index (χ3n) is 8.08. The SMILES string of the molecule is COc1cc(-c2cccc(-c3cccc(NC(=O)c4cn(C)c(=O)n(C)c4=O)c3C)c2C)cc(F)c1CN[C@H]1CCOC1. The molecule has 10 heteroatoms. The number of hydrogen-bond donors (Lipinski definition) is 2. The second-order valence-electron chi connectivity index (χ2n) is 10.8. The molecule has 3 aromatic carbocycles. The topological polar surface area (TPSA) is 104 Å². The van der Waals surface area contributed by atoms with Crippen LogP contribution in [0.4, 0.5) is 10.1 Å². The molecular weight excluding hydrogens is 551 g/mol. The number of amides is 1. The third kappa shape index (κ3) is 5.89. The Morgan fingerprint density at radius 2 is 1.74 bits per heavy atom. The van der Waals surface area contributed by atoms with E-state index in [0.29, 0.717) is 42.3 Å². The Labute approximate surface area is 248 Å². The molecule has 0 unspecified atom stereocenters. The summed E-state index contributed by atoms with van der Waals surface area (Å²) < 4.78 is 28.6. The number of methoxy groups -OCH3 is 1. The van der Waals surface area contributed by atoms with Crippen LogP contribution in [0.2, 0.25) is 0 Å². The number of ether oxygens (including phenoxy) is 2. The Balaban J connectivity index is 1.47. The van der Waals surface area contributed by atoms with Gasteiger partial charge in [0.15, 0.2) is 0 Å². The zero-order valence-corrected chi connectivity index (χ0v) is 24.9. The Hall–Kier alpha value is -4.54. The van der Waals surface area contributed by atoms with Gasteiger partial charge < -0.3 is 24.7 Å². The molecule has 4 aromatic rings. The molecule has 43 heavy (non-hydrogen) atoms. The molecule has 224 valence electrons. The average Bonchev–Trinajstić information content (AvgIpc) is 3.52. The monoisotopic (exact) mass is 586 g/mol. The van der Waals surface area contributed by atoms with E-state index in [1.165, 1.54) is 38.0 Å². The Morgan fingerprint density at radius 3 is 2.44 bits per heavy atom. The van der Waals surface area contributed by atoms with Gasteiger partial charge in [0.2, 0.25) is 0 Å². The highest BCUT2D eigenvalue weighted by Gasteiger charge is 2.20. The van der Waals surface area contributed by atoms with Crippen molar-refractivity contribution in [3.05, 3.63) is 104 Å². The maximum absolute atomic E-state index is 15.5. The van der Waals surface area contributed by atoms with Crippen molar-refractivity contribution < 1.29 is 18.7 Å². The number of carbonyl (C=O) groups excluding carboxylic acids is 1. The predicted molar refractivity (Wildman–Crippen MR) is 164 cm³/mol. The summed E-state index contributed by atoms with van der Waals surface area (Å²) >= 11 is 0. The van der Waals surface area contributed by atoms with E-state index in [0.717, 1.165) is 38.8 Å². The van der Waals surface area contributed by atoms with E-state index in [1.807, 2.05) is 50.2 Å². The molecule has 1 aromatic heterocycles. The summed E-state index contributed by atoms with van der Waals surface area (Å²) in [6.07, 6.45) is 2.13. The van der Waals surface area contributed by atoms with Crippen molar-refractivity contribution in [2.24, 2.45) is 14.1 Å². The van der Waals surface area contributed by atoms with E-state index in [9.17, 15) is 14.4 Å². The van der Waals surface area contributed by atoms with Gasteiger partial charge in [0.05, 0.1) is 13.7 Å².